The molecule has 2 aromatic heterocycles. The van der Waals surface area contributed by atoms with Crippen LogP contribution >= 0.6 is 0 Å². The van der Waals surface area contributed by atoms with Crippen LogP contribution in [0.4, 0.5) is 5.82 Å². The molecule has 3 heterocycles. The second-order valence-corrected chi connectivity index (χ2v) is 8.06. The maximum atomic E-state index is 11.6. The molecule has 1 aliphatic rings. The second kappa shape index (κ2) is 6.01. The Balaban J connectivity index is 1.81. The van der Waals surface area contributed by atoms with Crippen molar-refractivity contribution in [1.82, 2.24) is 19.3 Å². The first kappa shape index (κ1) is 16.1. The van der Waals surface area contributed by atoms with Crippen LogP contribution in [-0.4, -0.2) is 53.1 Å². The molecular formula is C15H21N5O2S. The largest absolute Gasteiger partial charge is 0.367 e. The van der Waals surface area contributed by atoms with E-state index in [0.717, 1.165) is 35.3 Å². The number of aromatic nitrogens is 3. The SMILES string of the molecule is Cc1cc(C)c2c(NC3CCN(S(C)(=O)=O)CC3)ncnc2n1. The van der Waals surface area contributed by atoms with Gasteiger partial charge in [-0.2, -0.15) is 0 Å². The normalized spacial score (nSPS) is 17.5. The Morgan fingerprint density at radius 1 is 1.22 bits per heavy atom. The lowest BCUT2D eigenvalue weighted by Crippen LogP contribution is -2.41. The molecule has 0 radical (unpaired) electrons. The molecule has 1 aliphatic heterocycles. The van der Waals surface area contributed by atoms with Gasteiger partial charge in [0.2, 0.25) is 10.0 Å². The summed E-state index contributed by atoms with van der Waals surface area (Å²) in [5, 5.41) is 4.38. The predicted molar refractivity (Wildman–Crippen MR) is 89.9 cm³/mol. The number of aryl methyl sites for hydroxylation is 2. The second-order valence-electron chi connectivity index (χ2n) is 6.08. The zero-order chi connectivity index (χ0) is 16.6. The van der Waals surface area contributed by atoms with Crippen molar-refractivity contribution < 1.29 is 8.42 Å². The number of hydrogen-bond acceptors (Lipinski definition) is 6. The number of hydrogen-bond donors (Lipinski definition) is 1. The van der Waals surface area contributed by atoms with Gasteiger partial charge in [0.1, 0.15) is 12.1 Å². The molecule has 7 nitrogen and oxygen atoms in total. The van der Waals surface area contributed by atoms with Gasteiger partial charge in [0.05, 0.1) is 11.6 Å². The van der Waals surface area contributed by atoms with Crippen LogP contribution in [0.3, 0.4) is 0 Å². The number of rotatable bonds is 3. The van der Waals surface area contributed by atoms with Gasteiger partial charge in [-0.25, -0.2) is 27.7 Å². The molecule has 1 N–H and O–H groups in total. The molecular weight excluding hydrogens is 314 g/mol. The first-order valence-corrected chi connectivity index (χ1v) is 9.50. The Hall–Kier alpha value is -1.80. The number of nitrogens with zero attached hydrogens (tertiary/aromatic N) is 4. The van der Waals surface area contributed by atoms with Gasteiger partial charge in [0.15, 0.2) is 5.65 Å². The van der Waals surface area contributed by atoms with E-state index in [9.17, 15) is 8.42 Å². The third kappa shape index (κ3) is 3.42. The standard InChI is InChI=1S/C15H21N5O2S/c1-10-8-11(2)18-14-13(10)15(17-9-16-14)19-12-4-6-20(7-5-12)23(3,21)22/h8-9,12H,4-7H2,1-3H3,(H,16,17,18,19). The van der Waals surface area contributed by atoms with E-state index in [2.05, 4.69) is 20.3 Å². The molecule has 1 fully saturated rings. The van der Waals surface area contributed by atoms with Crippen molar-refractivity contribution in [2.24, 2.45) is 0 Å². The van der Waals surface area contributed by atoms with Gasteiger partial charge in [-0.1, -0.05) is 0 Å². The van der Waals surface area contributed by atoms with Crippen molar-refractivity contribution >= 4 is 26.9 Å². The molecule has 8 heteroatoms. The molecule has 0 aliphatic carbocycles. The molecule has 0 atom stereocenters. The molecule has 1 saturated heterocycles. The lowest BCUT2D eigenvalue weighted by atomic mass is 10.1. The van der Waals surface area contributed by atoms with E-state index in [1.807, 2.05) is 19.9 Å². The Morgan fingerprint density at radius 2 is 1.91 bits per heavy atom. The Kier molecular flexibility index (Phi) is 4.20. The molecule has 0 spiro atoms. The van der Waals surface area contributed by atoms with Crippen molar-refractivity contribution in [3.05, 3.63) is 23.7 Å². The summed E-state index contributed by atoms with van der Waals surface area (Å²) in [6, 6.07) is 2.22. The molecule has 23 heavy (non-hydrogen) atoms. The fourth-order valence-electron chi connectivity index (χ4n) is 3.04. The Labute approximate surface area is 136 Å². The first-order chi connectivity index (χ1) is 10.8. The number of nitrogens with one attached hydrogen (secondary N) is 1. The van der Waals surface area contributed by atoms with Crippen LogP contribution in [0.2, 0.25) is 0 Å². The molecule has 124 valence electrons. The summed E-state index contributed by atoms with van der Waals surface area (Å²) in [5.41, 5.74) is 2.71. The van der Waals surface area contributed by atoms with E-state index in [0.29, 0.717) is 18.7 Å². The Bertz CT molecular complexity index is 829. The lowest BCUT2D eigenvalue weighted by molar-refractivity contribution is 0.331. The third-order valence-corrected chi connectivity index (χ3v) is 5.50. The molecule has 2 aromatic rings. The minimum atomic E-state index is -3.10. The molecule has 3 rings (SSSR count). The minimum Gasteiger partial charge on any atom is -0.367 e. The van der Waals surface area contributed by atoms with Gasteiger partial charge < -0.3 is 5.32 Å². The number of pyridine rings is 1. The van der Waals surface area contributed by atoms with E-state index in [1.165, 1.54) is 16.9 Å². The smallest absolute Gasteiger partial charge is 0.211 e. The summed E-state index contributed by atoms with van der Waals surface area (Å²) >= 11 is 0. The van der Waals surface area contributed by atoms with Gasteiger partial charge in [-0.05, 0) is 38.3 Å². The number of anilines is 1. The van der Waals surface area contributed by atoms with Crippen LogP contribution in [-0.2, 0) is 10.0 Å². The quantitative estimate of drug-likeness (QED) is 0.914. The van der Waals surface area contributed by atoms with Crippen molar-refractivity contribution in [3.8, 4) is 0 Å². The van der Waals surface area contributed by atoms with Crippen molar-refractivity contribution in [2.45, 2.75) is 32.7 Å². The van der Waals surface area contributed by atoms with Gasteiger partial charge in [0.25, 0.3) is 0 Å². The lowest BCUT2D eigenvalue weighted by Gasteiger charge is -2.31. The van der Waals surface area contributed by atoms with E-state index >= 15 is 0 Å². The first-order valence-electron chi connectivity index (χ1n) is 7.65. The summed E-state index contributed by atoms with van der Waals surface area (Å²) in [7, 11) is -3.10. The number of piperidine rings is 1. The zero-order valence-corrected chi connectivity index (χ0v) is 14.4. The summed E-state index contributed by atoms with van der Waals surface area (Å²) in [4.78, 5) is 13.1. The maximum absolute atomic E-state index is 11.6. The van der Waals surface area contributed by atoms with Gasteiger partial charge >= 0.3 is 0 Å². The zero-order valence-electron chi connectivity index (χ0n) is 13.6. The van der Waals surface area contributed by atoms with Crippen molar-refractivity contribution in [3.63, 3.8) is 0 Å². The van der Waals surface area contributed by atoms with Crippen LogP contribution in [0.15, 0.2) is 12.4 Å². The monoisotopic (exact) mass is 335 g/mol. The molecule has 0 bridgehead atoms. The van der Waals surface area contributed by atoms with Crippen LogP contribution in [0.1, 0.15) is 24.1 Å². The van der Waals surface area contributed by atoms with E-state index in [4.69, 9.17) is 0 Å². The molecule has 0 saturated carbocycles. The predicted octanol–water partition coefficient (Wildman–Crippen LogP) is 1.48. The fourth-order valence-corrected chi connectivity index (χ4v) is 3.92. The average molecular weight is 335 g/mol. The highest BCUT2D eigenvalue weighted by Gasteiger charge is 2.25. The number of fused-ring (bicyclic) bond motifs is 1. The van der Waals surface area contributed by atoms with Crippen LogP contribution in [0, 0.1) is 13.8 Å². The highest BCUT2D eigenvalue weighted by molar-refractivity contribution is 7.88. The van der Waals surface area contributed by atoms with Gasteiger partial charge in [-0.15, -0.1) is 0 Å². The van der Waals surface area contributed by atoms with Crippen LogP contribution < -0.4 is 5.32 Å². The minimum absolute atomic E-state index is 0.201. The highest BCUT2D eigenvalue weighted by Crippen LogP contribution is 2.25. The molecule has 0 amide bonds. The van der Waals surface area contributed by atoms with E-state index < -0.39 is 10.0 Å². The van der Waals surface area contributed by atoms with Gasteiger partial charge in [0, 0.05) is 24.8 Å². The fraction of sp³-hybridized carbons (Fsp3) is 0.533. The van der Waals surface area contributed by atoms with Crippen LogP contribution in [0.5, 0.6) is 0 Å². The summed E-state index contributed by atoms with van der Waals surface area (Å²) in [5.74, 6) is 0.776. The van der Waals surface area contributed by atoms with Crippen molar-refractivity contribution in [2.75, 3.05) is 24.7 Å². The van der Waals surface area contributed by atoms with Crippen LogP contribution in [0.25, 0.3) is 11.0 Å². The van der Waals surface area contributed by atoms with E-state index in [-0.39, 0.29) is 6.04 Å². The molecule has 0 unspecified atom stereocenters. The third-order valence-electron chi connectivity index (χ3n) is 4.19. The topological polar surface area (TPSA) is 88.1 Å². The highest BCUT2D eigenvalue weighted by atomic mass is 32.2. The average Bonchev–Trinajstić information content (AvgIpc) is 2.46. The Morgan fingerprint density at radius 3 is 2.57 bits per heavy atom. The molecule has 0 aromatic carbocycles. The maximum Gasteiger partial charge on any atom is 0.211 e. The summed E-state index contributed by atoms with van der Waals surface area (Å²) < 4.78 is 24.7. The summed E-state index contributed by atoms with van der Waals surface area (Å²) in [6.45, 7) is 5.05. The number of sulfonamides is 1. The van der Waals surface area contributed by atoms with Gasteiger partial charge in [-0.3, -0.25) is 0 Å². The summed E-state index contributed by atoms with van der Waals surface area (Å²) in [6.07, 6.45) is 4.30. The van der Waals surface area contributed by atoms with Crippen molar-refractivity contribution in [1.29, 1.82) is 0 Å². The van der Waals surface area contributed by atoms with E-state index in [1.54, 1.807) is 0 Å².